The average Bonchev–Trinajstić information content (AvgIpc) is 3.36. The van der Waals surface area contributed by atoms with E-state index in [9.17, 15) is 48.3 Å². The number of aromatic nitrogens is 1. The first-order chi connectivity index (χ1) is 20.9. The van der Waals surface area contributed by atoms with E-state index in [0.717, 1.165) is 35.9 Å². The van der Waals surface area contributed by atoms with Gasteiger partial charge in [0, 0.05) is 35.8 Å². The average molecular weight is 661 g/mol. The summed E-state index contributed by atoms with van der Waals surface area (Å²) < 4.78 is 137. The first-order valence-electron chi connectivity index (χ1n) is 14.1. The van der Waals surface area contributed by atoms with Gasteiger partial charge >= 0.3 is 18.0 Å². The van der Waals surface area contributed by atoms with Crippen LogP contribution in [0.4, 0.5) is 35.1 Å². The van der Waals surface area contributed by atoms with Gasteiger partial charge in [0.2, 0.25) is 5.91 Å². The van der Waals surface area contributed by atoms with E-state index in [-0.39, 0.29) is 47.6 Å². The molecule has 1 fully saturated rings. The van der Waals surface area contributed by atoms with Crippen LogP contribution in [0.1, 0.15) is 48.4 Å². The lowest BCUT2D eigenvalue weighted by molar-refractivity contribution is -0.348. The van der Waals surface area contributed by atoms with Crippen molar-refractivity contribution in [2.75, 3.05) is 0 Å². The summed E-state index contributed by atoms with van der Waals surface area (Å²) in [7, 11) is -4.50. The van der Waals surface area contributed by atoms with Crippen molar-refractivity contribution in [1.82, 2.24) is 10.3 Å². The van der Waals surface area contributed by atoms with E-state index in [1.165, 1.54) is 0 Å². The quantitative estimate of drug-likeness (QED) is 0.221. The molecule has 45 heavy (non-hydrogen) atoms. The summed E-state index contributed by atoms with van der Waals surface area (Å²) in [5.41, 5.74) is -6.80. The van der Waals surface area contributed by atoms with E-state index in [0.29, 0.717) is 18.6 Å². The van der Waals surface area contributed by atoms with Gasteiger partial charge in [-0.15, -0.1) is 0 Å². The fourth-order valence-corrected chi connectivity index (χ4v) is 9.31. The van der Waals surface area contributed by atoms with E-state index in [4.69, 9.17) is 0 Å². The zero-order valence-corrected chi connectivity index (χ0v) is 24.5. The fourth-order valence-electron chi connectivity index (χ4n) is 6.84. The molecule has 0 aliphatic heterocycles. The van der Waals surface area contributed by atoms with Crippen LogP contribution in [0.3, 0.4) is 0 Å². The predicted octanol–water partition coefficient (Wildman–Crippen LogP) is 6.90. The van der Waals surface area contributed by atoms with Crippen LogP contribution in [-0.4, -0.2) is 37.7 Å². The summed E-state index contributed by atoms with van der Waals surface area (Å²) in [6, 6.07) is 8.26. The normalized spacial score (nSPS) is 22.8. The minimum atomic E-state index is -6.34. The number of aryl methyl sites for hydroxylation is 1. The van der Waals surface area contributed by atoms with Crippen LogP contribution in [0.25, 0.3) is 0 Å². The summed E-state index contributed by atoms with van der Waals surface area (Å²) >= 11 is 0. The first-order valence-corrected chi connectivity index (χ1v) is 15.6. The maximum absolute atomic E-state index is 15.0. The zero-order valence-electron chi connectivity index (χ0n) is 23.7. The number of pyridine rings is 1. The summed E-state index contributed by atoms with van der Waals surface area (Å²) in [5.74, 6) is -2.47. The van der Waals surface area contributed by atoms with Crippen molar-refractivity contribution < 1.29 is 48.3 Å². The van der Waals surface area contributed by atoms with E-state index >= 15 is 0 Å². The molecular formula is C31H28F8N2O3S. The lowest BCUT2D eigenvalue weighted by atomic mass is 9.73. The van der Waals surface area contributed by atoms with Crippen molar-refractivity contribution in [1.29, 1.82) is 0 Å². The molecular weight excluding hydrogens is 632 g/mol. The van der Waals surface area contributed by atoms with Gasteiger partial charge in [0.15, 0.2) is 9.84 Å². The zero-order chi connectivity index (χ0) is 33.0. The minimum Gasteiger partial charge on any atom is -0.353 e. The standard InChI is InChI=1S/C31H28F8N2O3S/c1-18(16-19-11-14-40-15-12-19)27(42)41-26-10-13-28(45(43,44)23-6-4-22(32)5-7-23)24-9-3-21(17-20(24)2-8-25(26)28)29(33,30(34,35)36)31(37,38)39/h3-7,9,11-12,14-15,17-18,25-26H,2,8,10,13,16H2,1H3,(H,41,42)/t18?,25-,26+,28+/m0/s1. The smallest absolute Gasteiger partial charge is 0.353 e. The highest BCUT2D eigenvalue weighted by Crippen LogP contribution is 2.59. The third-order valence-corrected chi connectivity index (χ3v) is 11.6. The van der Waals surface area contributed by atoms with Crippen LogP contribution in [0, 0.1) is 17.7 Å². The molecule has 5 nitrogen and oxygen atoms in total. The summed E-state index contributed by atoms with van der Waals surface area (Å²) in [6.45, 7) is 1.69. The predicted molar refractivity (Wildman–Crippen MR) is 147 cm³/mol. The first kappa shape index (κ1) is 32.8. The minimum absolute atomic E-state index is 0.0438. The van der Waals surface area contributed by atoms with Gasteiger partial charge in [-0.3, -0.25) is 9.78 Å². The molecule has 1 amide bonds. The molecule has 1 N–H and O–H groups in total. The number of carbonyl (C=O) groups is 1. The largest absolute Gasteiger partial charge is 0.435 e. The van der Waals surface area contributed by atoms with Crippen LogP contribution in [0.5, 0.6) is 0 Å². The third-order valence-electron chi connectivity index (χ3n) is 9.05. The molecule has 1 aromatic heterocycles. The van der Waals surface area contributed by atoms with E-state index in [2.05, 4.69) is 10.3 Å². The molecule has 0 bridgehead atoms. The Balaban J connectivity index is 1.58. The van der Waals surface area contributed by atoms with Crippen molar-refractivity contribution in [2.24, 2.45) is 11.8 Å². The fraction of sp³-hybridized carbons (Fsp3) is 0.419. The lowest BCUT2D eigenvalue weighted by Gasteiger charge is -2.43. The van der Waals surface area contributed by atoms with Crippen molar-refractivity contribution in [3.8, 4) is 0 Å². The number of amides is 1. The second-order valence-electron chi connectivity index (χ2n) is 11.6. The lowest BCUT2D eigenvalue weighted by Crippen LogP contribution is -2.51. The molecule has 0 saturated heterocycles. The number of fused-ring (bicyclic) bond motifs is 3. The highest BCUT2D eigenvalue weighted by molar-refractivity contribution is 7.92. The monoisotopic (exact) mass is 660 g/mol. The number of alkyl halides is 7. The summed E-state index contributed by atoms with van der Waals surface area (Å²) in [6.07, 6.45) is -9.41. The number of carbonyl (C=O) groups excluding carboxylic acids is 1. The number of benzene rings is 2. The molecule has 2 aliphatic rings. The van der Waals surface area contributed by atoms with E-state index in [1.807, 2.05) is 0 Å². The van der Waals surface area contributed by atoms with Crippen LogP contribution >= 0.6 is 0 Å². The SMILES string of the molecule is CC(Cc1ccncc1)C(=O)N[C@@H]1CC[C@@]2(S(=O)(=O)c3ccc(F)cc3)c3ccc(C(F)(C(F)(F)F)C(F)(F)F)cc3CC[C@@H]12. The Hall–Kier alpha value is -3.55. The van der Waals surface area contributed by atoms with Crippen LogP contribution in [0.15, 0.2) is 71.9 Å². The second kappa shape index (κ2) is 11.4. The van der Waals surface area contributed by atoms with Gasteiger partial charge in [0.1, 0.15) is 10.6 Å². The number of rotatable bonds is 7. The maximum atomic E-state index is 15.0. The van der Waals surface area contributed by atoms with Crippen molar-refractivity contribution in [3.05, 3.63) is 95.1 Å². The summed E-state index contributed by atoms with van der Waals surface area (Å²) in [4.78, 5) is 16.9. The Morgan fingerprint density at radius 1 is 0.956 bits per heavy atom. The molecule has 1 heterocycles. The highest BCUT2D eigenvalue weighted by Gasteiger charge is 2.73. The van der Waals surface area contributed by atoms with Crippen molar-refractivity contribution in [3.63, 3.8) is 0 Å². The topological polar surface area (TPSA) is 76.1 Å². The number of nitrogens with one attached hydrogen (secondary N) is 1. The van der Waals surface area contributed by atoms with Crippen LogP contribution in [-0.2, 0) is 37.9 Å². The molecule has 0 radical (unpaired) electrons. The van der Waals surface area contributed by atoms with Crippen LogP contribution in [0.2, 0.25) is 0 Å². The number of hydrogen-bond donors (Lipinski definition) is 1. The molecule has 4 atom stereocenters. The van der Waals surface area contributed by atoms with Gasteiger partial charge in [-0.05, 0) is 85.2 Å². The van der Waals surface area contributed by atoms with Gasteiger partial charge < -0.3 is 5.32 Å². The molecule has 5 rings (SSSR count). The molecule has 1 unspecified atom stereocenters. The Morgan fingerprint density at radius 2 is 1.58 bits per heavy atom. The molecule has 1 saturated carbocycles. The summed E-state index contributed by atoms with van der Waals surface area (Å²) in [5, 5.41) is 2.93. The van der Waals surface area contributed by atoms with Gasteiger partial charge in [0.05, 0.1) is 4.90 Å². The number of halogens is 8. The number of sulfone groups is 1. The molecule has 14 heteroatoms. The molecule has 2 aromatic carbocycles. The highest BCUT2D eigenvalue weighted by atomic mass is 32.2. The third kappa shape index (κ3) is 5.38. The number of hydrogen-bond acceptors (Lipinski definition) is 4. The second-order valence-corrected chi connectivity index (χ2v) is 13.8. The van der Waals surface area contributed by atoms with Gasteiger partial charge in [-0.1, -0.05) is 25.1 Å². The molecule has 0 spiro atoms. The van der Waals surface area contributed by atoms with E-state index in [1.54, 1.807) is 31.5 Å². The number of nitrogens with zero attached hydrogens (tertiary/aromatic N) is 1. The Kier molecular flexibility index (Phi) is 8.29. The molecule has 2 aliphatic carbocycles. The van der Waals surface area contributed by atoms with Crippen molar-refractivity contribution in [2.45, 2.75) is 72.7 Å². The molecule has 3 aromatic rings. The van der Waals surface area contributed by atoms with Gasteiger partial charge in [0.25, 0.3) is 0 Å². The van der Waals surface area contributed by atoms with Crippen molar-refractivity contribution >= 4 is 15.7 Å². The Bertz CT molecular complexity index is 1660. The van der Waals surface area contributed by atoms with Gasteiger partial charge in [-0.2, -0.15) is 26.3 Å². The van der Waals surface area contributed by atoms with Gasteiger partial charge in [-0.25, -0.2) is 17.2 Å². The Labute approximate surface area is 254 Å². The Morgan fingerprint density at radius 3 is 2.18 bits per heavy atom. The molecule has 242 valence electrons. The maximum Gasteiger partial charge on any atom is 0.435 e. The van der Waals surface area contributed by atoms with Crippen LogP contribution < -0.4 is 5.32 Å². The van der Waals surface area contributed by atoms with E-state index < -0.39 is 61.9 Å².